The molecule has 0 unspecified atom stereocenters. The van der Waals surface area contributed by atoms with Crippen LogP contribution in [0.25, 0.3) is 10.6 Å². The lowest BCUT2D eigenvalue weighted by Gasteiger charge is -2.33. The standard InChI is InChI=1S/C26H34N6O3S2/c1-2-30-13-15-32(16-14-30)37(34,35)23-6-3-20(4-7-23)28-26-18-27-17-24(29-26)25-8-5-22(36-25)19-31-11-9-21(33)10-12-31/h3-8,17-18,21,33H,2,9-16,19H2,1H3,(H,28,29). The second-order valence-electron chi connectivity index (χ2n) is 9.55. The maximum absolute atomic E-state index is 13.0. The van der Waals surface area contributed by atoms with E-state index in [1.807, 2.05) is 0 Å². The van der Waals surface area contributed by atoms with Crippen LogP contribution in [0.3, 0.4) is 0 Å². The molecular formula is C26H34N6O3S2. The van der Waals surface area contributed by atoms with Crippen LogP contribution < -0.4 is 5.32 Å². The number of likely N-dealkylation sites (tertiary alicyclic amines) is 1. The molecule has 0 atom stereocenters. The first-order valence-corrected chi connectivity index (χ1v) is 15.1. The lowest BCUT2D eigenvalue weighted by Crippen LogP contribution is -2.48. The highest BCUT2D eigenvalue weighted by molar-refractivity contribution is 7.89. The Labute approximate surface area is 222 Å². The molecule has 1 aromatic carbocycles. The molecule has 0 saturated carbocycles. The fourth-order valence-corrected chi connectivity index (χ4v) is 7.16. The van der Waals surface area contributed by atoms with Crippen LogP contribution in [-0.2, 0) is 16.6 Å². The van der Waals surface area contributed by atoms with Gasteiger partial charge in [-0.1, -0.05) is 6.92 Å². The smallest absolute Gasteiger partial charge is 0.243 e. The van der Waals surface area contributed by atoms with Crippen molar-refractivity contribution in [3.8, 4) is 10.6 Å². The maximum atomic E-state index is 13.0. The topological polar surface area (TPSA) is 102 Å². The van der Waals surface area contributed by atoms with E-state index in [1.165, 1.54) is 4.88 Å². The van der Waals surface area contributed by atoms with Crippen molar-refractivity contribution in [3.05, 3.63) is 53.7 Å². The van der Waals surface area contributed by atoms with Gasteiger partial charge in [0.2, 0.25) is 10.0 Å². The number of rotatable bonds is 8. The number of nitrogens with one attached hydrogen (secondary N) is 1. The number of hydrogen-bond donors (Lipinski definition) is 2. The fraction of sp³-hybridized carbons (Fsp3) is 0.462. The highest BCUT2D eigenvalue weighted by atomic mass is 32.2. The minimum atomic E-state index is -3.50. The van der Waals surface area contributed by atoms with Gasteiger partial charge in [0.05, 0.1) is 28.3 Å². The molecule has 5 rings (SSSR count). The molecule has 2 fully saturated rings. The highest BCUT2D eigenvalue weighted by Gasteiger charge is 2.28. The van der Waals surface area contributed by atoms with Crippen LogP contribution in [0.2, 0.25) is 0 Å². The maximum Gasteiger partial charge on any atom is 0.243 e. The van der Waals surface area contributed by atoms with Crippen molar-refractivity contribution in [2.24, 2.45) is 0 Å². The number of aliphatic hydroxyl groups excluding tert-OH is 1. The van der Waals surface area contributed by atoms with Gasteiger partial charge in [-0.2, -0.15) is 4.31 Å². The first-order chi connectivity index (χ1) is 17.9. The van der Waals surface area contributed by atoms with E-state index in [0.717, 1.165) is 68.4 Å². The minimum Gasteiger partial charge on any atom is -0.393 e. The first-order valence-electron chi connectivity index (χ1n) is 12.8. The molecule has 11 heteroatoms. The zero-order chi connectivity index (χ0) is 25.8. The summed E-state index contributed by atoms with van der Waals surface area (Å²) in [6.07, 6.45) is 4.92. The summed E-state index contributed by atoms with van der Waals surface area (Å²) >= 11 is 1.71. The summed E-state index contributed by atoms with van der Waals surface area (Å²) < 4.78 is 27.7. The predicted octanol–water partition coefficient (Wildman–Crippen LogP) is 3.23. The Hall–Kier alpha value is -2.41. The summed E-state index contributed by atoms with van der Waals surface area (Å²) in [5.41, 5.74) is 1.54. The number of anilines is 2. The molecule has 9 nitrogen and oxygen atoms in total. The van der Waals surface area contributed by atoms with Crippen molar-refractivity contribution in [3.63, 3.8) is 0 Å². The van der Waals surface area contributed by atoms with E-state index >= 15 is 0 Å². The normalized spacial score (nSPS) is 18.8. The van der Waals surface area contributed by atoms with Gasteiger partial charge in [0.25, 0.3) is 0 Å². The van der Waals surface area contributed by atoms with Gasteiger partial charge in [-0.05, 0) is 55.8 Å². The molecule has 0 spiro atoms. The van der Waals surface area contributed by atoms with Gasteiger partial charge >= 0.3 is 0 Å². The van der Waals surface area contributed by atoms with Crippen LogP contribution in [0, 0.1) is 0 Å². The molecule has 0 aliphatic carbocycles. The third-order valence-electron chi connectivity index (χ3n) is 7.03. The molecule has 2 aliphatic heterocycles. The zero-order valence-electron chi connectivity index (χ0n) is 21.1. The number of aromatic nitrogens is 2. The average molecular weight is 543 g/mol. The number of sulfonamides is 1. The summed E-state index contributed by atoms with van der Waals surface area (Å²) in [5.74, 6) is 0.601. The molecule has 4 heterocycles. The monoisotopic (exact) mass is 542 g/mol. The van der Waals surface area contributed by atoms with Crippen molar-refractivity contribution in [2.75, 3.05) is 51.1 Å². The number of likely N-dealkylation sites (N-methyl/N-ethyl adjacent to an activating group) is 1. The Morgan fingerprint density at radius 1 is 0.973 bits per heavy atom. The number of hydrogen-bond acceptors (Lipinski definition) is 9. The zero-order valence-corrected chi connectivity index (χ0v) is 22.7. The summed E-state index contributed by atoms with van der Waals surface area (Å²) in [7, 11) is -3.50. The minimum absolute atomic E-state index is 0.164. The Morgan fingerprint density at radius 3 is 2.41 bits per heavy atom. The lowest BCUT2D eigenvalue weighted by molar-refractivity contribution is 0.0797. The molecule has 37 heavy (non-hydrogen) atoms. The van der Waals surface area contributed by atoms with Crippen LogP contribution in [0.4, 0.5) is 11.5 Å². The van der Waals surface area contributed by atoms with Gasteiger partial charge in [-0.3, -0.25) is 9.88 Å². The quantitative estimate of drug-likeness (QED) is 0.448. The van der Waals surface area contributed by atoms with Crippen molar-refractivity contribution >= 4 is 32.9 Å². The number of benzene rings is 1. The van der Waals surface area contributed by atoms with Gasteiger partial charge in [-0.25, -0.2) is 13.4 Å². The molecule has 2 aliphatic rings. The predicted molar refractivity (Wildman–Crippen MR) is 146 cm³/mol. The molecule has 198 valence electrons. The van der Waals surface area contributed by atoms with Gasteiger partial charge in [0.1, 0.15) is 11.5 Å². The lowest BCUT2D eigenvalue weighted by atomic mass is 10.1. The molecular weight excluding hydrogens is 508 g/mol. The van der Waals surface area contributed by atoms with Crippen molar-refractivity contribution in [2.45, 2.75) is 37.3 Å². The van der Waals surface area contributed by atoms with Gasteiger partial charge < -0.3 is 15.3 Å². The molecule has 2 aromatic heterocycles. The van der Waals surface area contributed by atoms with Crippen molar-refractivity contribution < 1.29 is 13.5 Å². The van der Waals surface area contributed by atoms with E-state index < -0.39 is 10.0 Å². The van der Waals surface area contributed by atoms with Crippen LogP contribution in [0.1, 0.15) is 24.6 Å². The molecule has 3 aromatic rings. The van der Waals surface area contributed by atoms with Crippen LogP contribution >= 0.6 is 11.3 Å². The molecule has 0 bridgehead atoms. The van der Waals surface area contributed by atoms with E-state index in [4.69, 9.17) is 4.98 Å². The molecule has 0 amide bonds. The highest BCUT2D eigenvalue weighted by Crippen LogP contribution is 2.29. The Balaban J connectivity index is 1.22. The third kappa shape index (κ3) is 6.36. The summed E-state index contributed by atoms with van der Waals surface area (Å²) in [5, 5.41) is 13.0. The van der Waals surface area contributed by atoms with E-state index in [9.17, 15) is 13.5 Å². The first kappa shape index (κ1) is 26.2. The summed E-state index contributed by atoms with van der Waals surface area (Å²) in [6, 6.07) is 11.0. The summed E-state index contributed by atoms with van der Waals surface area (Å²) in [6.45, 7) is 8.32. The van der Waals surface area contributed by atoms with E-state index in [0.29, 0.717) is 23.8 Å². The van der Waals surface area contributed by atoms with E-state index in [-0.39, 0.29) is 6.10 Å². The van der Waals surface area contributed by atoms with E-state index in [1.54, 1.807) is 52.3 Å². The number of thiophene rings is 1. The number of nitrogens with zero attached hydrogens (tertiary/aromatic N) is 5. The second kappa shape index (κ2) is 11.5. The average Bonchev–Trinajstić information content (AvgIpc) is 3.39. The van der Waals surface area contributed by atoms with Crippen LogP contribution in [-0.4, -0.2) is 89.5 Å². The SMILES string of the molecule is CCN1CCN(S(=O)(=O)c2ccc(Nc3cncc(-c4ccc(CN5CCC(O)CC5)s4)n3)cc2)CC1. The Morgan fingerprint density at radius 2 is 1.70 bits per heavy atom. The largest absolute Gasteiger partial charge is 0.393 e. The number of piperazine rings is 1. The van der Waals surface area contributed by atoms with E-state index in [2.05, 4.69) is 39.2 Å². The van der Waals surface area contributed by atoms with Crippen molar-refractivity contribution in [1.82, 2.24) is 24.1 Å². The molecule has 2 saturated heterocycles. The van der Waals surface area contributed by atoms with Gasteiger partial charge in [0.15, 0.2) is 0 Å². The van der Waals surface area contributed by atoms with Crippen molar-refractivity contribution in [1.29, 1.82) is 0 Å². The van der Waals surface area contributed by atoms with Crippen LogP contribution in [0.15, 0.2) is 53.7 Å². The van der Waals surface area contributed by atoms with Crippen LogP contribution in [0.5, 0.6) is 0 Å². The second-order valence-corrected chi connectivity index (χ2v) is 12.7. The van der Waals surface area contributed by atoms with Gasteiger partial charge in [-0.15, -0.1) is 11.3 Å². The summed E-state index contributed by atoms with van der Waals surface area (Å²) in [4.78, 5) is 16.3. The third-order valence-corrected chi connectivity index (χ3v) is 10.0. The number of aliphatic hydroxyl groups is 1. The molecule has 0 radical (unpaired) electrons. The molecule has 2 N–H and O–H groups in total. The fourth-order valence-electron chi connectivity index (χ4n) is 4.74. The van der Waals surface area contributed by atoms with Gasteiger partial charge in [0, 0.05) is 56.4 Å². The Bertz CT molecular complexity index is 1280. The Kier molecular flexibility index (Phi) is 8.18. The number of piperidine rings is 1.